The maximum atomic E-state index is 12.7. The molecule has 0 atom stereocenters. The van der Waals surface area contributed by atoms with Crippen LogP contribution in [-0.4, -0.2) is 15.4 Å². The largest absolute Gasteiger partial charge is 0.416 e. The van der Waals surface area contributed by atoms with E-state index in [0.717, 1.165) is 17.7 Å². The van der Waals surface area contributed by atoms with Crippen LogP contribution in [0.5, 0.6) is 0 Å². The van der Waals surface area contributed by atoms with E-state index in [9.17, 15) is 13.2 Å². The molecule has 0 bridgehead atoms. The predicted molar refractivity (Wildman–Crippen MR) is 86.9 cm³/mol. The van der Waals surface area contributed by atoms with Crippen molar-refractivity contribution in [3.05, 3.63) is 70.9 Å². The fraction of sp³-hybridized carbons (Fsp3) is 0.0556. The van der Waals surface area contributed by atoms with Gasteiger partial charge in [-0.15, -0.1) is 5.10 Å². The number of halogens is 3. The van der Waals surface area contributed by atoms with Gasteiger partial charge in [0.25, 0.3) is 0 Å². The Morgan fingerprint density at radius 1 is 1.00 bits per heavy atom. The molecule has 0 unspecified atom stereocenters. The lowest BCUT2D eigenvalue weighted by Crippen LogP contribution is -2.04. The van der Waals surface area contributed by atoms with E-state index in [1.165, 1.54) is 6.07 Å². The van der Waals surface area contributed by atoms with Crippen LogP contribution in [0.4, 0.5) is 13.2 Å². The van der Waals surface area contributed by atoms with Crippen molar-refractivity contribution in [2.45, 2.75) is 6.18 Å². The zero-order valence-corrected chi connectivity index (χ0v) is 12.7. The molecule has 0 spiro atoms. The van der Waals surface area contributed by atoms with Crippen LogP contribution in [-0.2, 0) is 6.18 Å². The van der Waals surface area contributed by atoms with Gasteiger partial charge >= 0.3 is 6.18 Å². The van der Waals surface area contributed by atoms with E-state index < -0.39 is 11.7 Å². The van der Waals surface area contributed by atoms with E-state index in [0.29, 0.717) is 16.8 Å². The van der Waals surface area contributed by atoms with Crippen molar-refractivity contribution in [1.29, 1.82) is 5.26 Å². The monoisotopic (exact) mass is 340 g/mol. The Balaban J connectivity index is 1.88. The van der Waals surface area contributed by atoms with E-state index in [1.807, 2.05) is 12.1 Å². The number of nitrogens with zero attached hydrogens (tertiary/aromatic N) is 3. The predicted octanol–water partition coefficient (Wildman–Crippen LogP) is 4.53. The molecule has 0 aliphatic rings. The highest BCUT2D eigenvalue weighted by molar-refractivity contribution is 5.74. The Morgan fingerprint density at radius 3 is 2.36 bits per heavy atom. The van der Waals surface area contributed by atoms with Crippen molar-refractivity contribution in [2.24, 2.45) is 0 Å². The smallest absolute Gasteiger partial charge is 0.256 e. The van der Waals surface area contributed by atoms with Crippen LogP contribution in [0.2, 0.25) is 0 Å². The zero-order chi connectivity index (χ0) is 17.9. The number of H-pyrrole nitrogens is 1. The summed E-state index contributed by atoms with van der Waals surface area (Å²) >= 11 is 0. The van der Waals surface area contributed by atoms with Gasteiger partial charge in [-0.05, 0) is 29.3 Å². The van der Waals surface area contributed by atoms with Crippen molar-refractivity contribution < 1.29 is 13.2 Å². The molecule has 1 heterocycles. The van der Waals surface area contributed by atoms with Gasteiger partial charge in [0, 0.05) is 5.56 Å². The van der Waals surface area contributed by atoms with Gasteiger partial charge in [-0.1, -0.05) is 47.7 Å². The topological polar surface area (TPSA) is 65.4 Å². The summed E-state index contributed by atoms with van der Waals surface area (Å²) in [6.45, 7) is 0. The highest BCUT2D eigenvalue weighted by atomic mass is 19.4. The number of hydrogen-bond donors (Lipinski definition) is 1. The number of hydrogen-bond acceptors (Lipinski definition) is 3. The SMILES string of the molecule is N#Cc1nn[nH]c1-c1cccc(/C=C/c2cccc(C(F)(F)F)c2)c1. The number of aromatic amines is 1. The third-order valence-electron chi connectivity index (χ3n) is 3.51. The molecule has 0 amide bonds. The fourth-order valence-electron chi connectivity index (χ4n) is 2.32. The summed E-state index contributed by atoms with van der Waals surface area (Å²) in [5.41, 5.74) is 1.92. The maximum absolute atomic E-state index is 12.7. The minimum absolute atomic E-state index is 0.180. The van der Waals surface area contributed by atoms with E-state index in [1.54, 1.807) is 36.4 Å². The number of nitriles is 1. The van der Waals surface area contributed by atoms with E-state index >= 15 is 0 Å². The molecular formula is C18H11F3N4. The number of rotatable bonds is 3. The van der Waals surface area contributed by atoms with Gasteiger partial charge in [-0.2, -0.15) is 18.4 Å². The van der Waals surface area contributed by atoms with Gasteiger partial charge in [-0.3, -0.25) is 5.10 Å². The molecular weight excluding hydrogens is 329 g/mol. The average molecular weight is 340 g/mol. The molecule has 4 nitrogen and oxygen atoms in total. The van der Waals surface area contributed by atoms with Gasteiger partial charge in [0.2, 0.25) is 0 Å². The van der Waals surface area contributed by atoms with Gasteiger partial charge in [0.05, 0.1) is 5.56 Å². The molecule has 0 aliphatic heterocycles. The summed E-state index contributed by atoms with van der Waals surface area (Å²) < 4.78 is 38.2. The Hall–Kier alpha value is -3.40. The molecule has 1 aromatic heterocycles. The highest BCUT2D eigenvalue weighted by Crippen LogP contribution is 2.30. The molecule has 0 aliphatic carbocycles. The van der Waals surface area contributed by atoms with Crippen LogP contribution in [0.3, 0.4) is 0 Å². The first-order chi connectivity index (χ1) is 12.0. The van der Waals surface area contributed by atoms with Gasteiger partial charge in [0.15, 0.2) is 5.69 Å². The van der Waals surface area contributed by atoms with Crippen molar-refractivity contribution >= 4 is 12.2 Å². The molecule has 0 radical (unpaired) electrons. The Morgan fingerprint density at radius 2 is 1.68 bits per heavy atom. The summed E-state index contributed by atoms with van der Waals surface area (Å²) in [7, 11) is 0. The number of benzene rings is 2. The maximum Gasteiger partial charge on any atom is 0.416 e. The van der Waals surface area contributed by atoms with E-state index in [-0.39, 0.29) is 5.69 Å². The van der Waals surface area contributed by atoms with E-state index in [2.05, 4.69) is 15.4 Å². The van der Waals surface area contributed by atoms with Crippen LogP contribution >= 0.6 is 0 Å². The quantitative estimate of drug-likeness (QED) is 0.712. The lowest BCUT2D eigenvalue weighted by molar-refractivity contribution is -0.137. The standard InChI is InChI=1S/C18H11F3N4/c19-18(20,21)15-6-2-4-13(10-15)8-7-12-3-1-5-14(9-12)17-16(11-22)23-25-24-17/h1-10H,(H,23,24,25)/b8-7+. The minimum atomic E-state index is -4.37. The summed E-state index contributed by atoms with van der Waals surface area (Å²) in [5.74, 6) is 0. The van der Waals surface area contributed by atoms with Gasteiger partial charge < -0.3 is 0 Å². The van der Waals surface area contributed by atoms with Gasteiger partial charge in [-0.25, -0.2) is 0 Å². The Labute approximate surface area is 141 Å². The summed E-state index contributed by atoms with van der Waals surface area (Å²) in [6.07, 6.45) is -1.06. The van der Waals surface area contributed by atoms with Crippen molar-refractivity contribution in [3.8, 4) is 17.3 Å². The second-order valence-electron chi connectivity index (χ2n) is 5.23. The second kappa shape index (κ2) is 6.61. The lowest BCUT2D eigenvalue weighted by atomic mass is 10.0. The first-order valence-corrected chi connectivity index (χ1v) is 7.24. The second-order valence-corrected chi connectivity index (χ2v) is 5.23. The van der Waals surface area contributed by atoms with Crippen molar-refractivity contribution in [2.75, 3.05) is 0 Å². The average Bonchev–Trinajstić information content (AvgIpc) is 3.08. The van der Waals surface area contributed by atoms with Crippen LogP contribution < -0.4 is 0 Å². The highest BCUT2D eigenvalue weighted by Gasteiger charge is 2.30. The molecule has 0 fully saturated rings. The normalized spacial score (nSPS) is 11.6. The Kier molecular flexibility index (Phi) is 4.35. The minimum Gasteiger partial charge on any atom is -0.256 e. The van der Waals surface area contributed by atoms with Crippen LogP contribution in [0, 0.1) is 11.3 Å². The summed E-state index contributed by atoms with van der Waals surface area (Å²) in [4.78, 5) is 0. The first-order valence-electron chi connectivity index (χ1n) is 7.24. The molecule has 3 rings (SSSR count). The molecule has 1 N–H and O–H groups in total. The first kappa shape index (κ1) is 16.5. The van der Waals surface area contributed by atoms with Crippen molar-refractivity contribution in [3.63, 3.8) is 0 Å². The molecule has 2 aromatic carbocycles. The molecule has 124 valence electrons. The number of aromatic nitrogens is 3. The molecule has 0 saturated carbocycles. The van der Waals surface area contributed by atoms with Crippen LogP contribution in [0.1, 0.15) is 22.4 Å². The summed E-state index contributed by atoms with van der Waals surface area (Å²) in [6, 6.07) is 14.2. The van der Waals surface area contributed by atoms with Gasteiger partial charge in [0.1, 0.15) is 11.8 Å². The number of nitrogens with one attached hydrogen (secondary N) is 1. The third-order valence-corrected chi connectivity index (χ3v) is 3.51. The van der Waals surface area contributed by atoms with Crippen LogP contribution in [0.15, 0.2) is 48.5 Å². The molecule has 7 heteroatoms. The van der Waals surface area contributed by atoms with Crippen molar-refractivity contribution in [1.82, 2.24) is 15.4 Å². The van der Waals surface area contributed by atoms with E-state index in [4.69, 9.17) is 5.26 Å². The van der Waals surface area contributed by atoms with Crippen LogP contribution in [0.25, 0.3) is 23.4 Å². The third kappa shape index (κ3) is 3.75. The molecule has 3 aromatic rings. The Bertz CT molecular complexity index is 965. The lowest BCUT2D eigenvalue weighted by Gasteiger charge is -2.06. The fourth-order valence-corrected chi connectivity index (χ4v) is 2.32. The summed E-state index contributed by atoms with van der Waals surface area (Å²) in [5, 5.41) is 18.9. The number of alkyl halides is 3. The zero-order valence-electron chi connectivity index (χ0n) is 12.7. The molecule has 25 heavy (non-hydrogen) atoms. The molecule has 0 saturated heterocycles.